The van der Waals surface area contributed by atoms with Gasteiger partial charge in [-0.3, -0.25) is 4.55 Å². The Balaban J connectivity index is 2.90. The number of phenols is 1. The zero-order valence-electron chi connectivity index (χ0n) is 12.2. The van der Waals surface area contributed by atoms with Crippen molar-refractivity contribution in [1.29, 1.82) is 5.26 Å². The van der Waals surface area contributed by atoms with Crippen LogP contribution in [0.15, 0.2) is 35.2 Å². The highest BCUT2D eigenvalue weighted by molar-refractivity contribution is 7.86. The lowest BCUT2D eigenvalue weighted by Gasteiger charge is -2.11. The summed E-state index contributed by atoms with van der Waals surface area (Å²) in [5, 5.41) is 36.8. The first-order chi connectivity index (χ1) is 11.6. The largest absolute Gasteiger partial charge is 0.507 e. The van der Waals surface area contributed by atoms with E-state index in [0.717, 1.165) is 18.2 Å². The summed E-state index contributed by atoms with van der Waals surface area (Å²) in [6.45, 7) is 0. The van der Waals surface area contributed by atoms with Crippen molar-refractivity contribution in [3.05, 3.63) is 47.0 Å². The van der Waals surface area contributed by atoms with Gasteiger partial charge in [0.15, 0.2) is 0 Å². The van der Waals surface area contributed by atoms with Crippen molar-refractivity contribution in [2.24, 2.45) is 0 Å². The van der Waals surface area contributed by atoms with Crippen molar-refractivity contribution in [2.45, 2.75) is 4.90 Å². The van der Waals surface area contributed by atoms with E-state index in [-0.39, 0.29) is 22.4 Å². The fraction of sp³-hybridized carbons (Fsp3) is 0. The summed E-state index contributed by atoms with van der Waals surface area (Å²) in [5.41, 5.74) is -1.89. The predicted octanol–water partition coefficient (Wildman–Crippen LogP) is 1.57. The highest BCUT2D eigenvalue weighted by Crippen LogP contribution is 2.31. The summed E-state index contributed by atoms with van der Waals surface area (Å²) in [7, 11) is -5.13. The van der Waals surface area contributed by atoms with Crippen LogP contribution in [-0.4, -0.2) is 40.2 Å². The summed E-state index contributed by atoms with van der Waals surface area (Å²) in [4.78, 5) is 21.4. The number of carboxylic acids is 2. The highest BCUT2D eigenvalue weighted by Gasteiger charge is 2.29. The molecule has 0 aliphatic heterocycles. The molecule has 2 rings (SSSR count). The fourth-order valence-corrected chi connectivity index (χ4v) is 3.04. The second-order valence-corrected chi connectivity index (χ2v) is 6.19. The SMILES string of the molecule is N#Cc1cc(-c2cc(C(=O)O)c(S(=O)(=O)O)c(C(=O)O)c2)ccc1O. The van der Waals surface area contributed by atoms with Crippen LogP contribution in [-0.2, 0) is 10.1 Å². The normalized spacial score (nSPS) is 10.9. The summed E-state index contributed by atoms with van der Waals surface area (Å²) in [6.07, 6.45) is 0. The van der Waals surface area contributed by atoms with Crippen LogP contribution in [0.3, 0.4) is 0 Å². The van der Waals surface area contributed by atoms with Gasteiger partial charge in [0.25, 0.3) is 10.1 Å². The van der Waals surface area contributed by atoms with E-state index in [2.05, 4.69) is 0 Å². The molecule has 0 bridgehead atoms. The molecule has 2 aromatic carbocycles. The van der Waals surface area contributed by atoms with Gasteiger partial charge in [-0.1, -0.05) is 6.07 Å². The van der Waals surface area contributed by atoms with Crippen LogP contribution in [0.4, 0.5) is 0 Å². The van der Waals surface area contributed by atoms with E-state index in [9.17, 15) is 37.9 Å². The molecule has 10 heteroatoms. The topological polar surface area (TPSA) is 173 Å². The Labute approximate surface area is 140 Å². The number of hydrogen-bond acceptors (Lipinski definition) is 6. The maximum atomic E-state index is 11.4. The highest BCUT2D eigenvalue weighted by atomic mass is 32.2. The number of aromatic carboxylic acids is 2. The number of aromatic hydroxyl groups is 1. The Bertz CT molecular complexity index is 1010. The Kier molecular flexibility index (Phi) is 4.47. The van der Waals surface area contributed by atoms with Crippen molar-refractivity contribution < 1.29 is 37.9 Å². The van der Waals surface area contributed by atoms with Gasteiger partial charge in [-0.25, -0.2) is 9.59 Å². The van der Waals surface area contributed by atoms with Crippen molar-refractivity contribution in [3.63, 3.8) is 0 Å². The van der Waals surface area contributed by atoms with Gasteiger partial charge in [-0.05, 0) is 35.4 Å². The summed E-state index contributed by atoms with van der Waals surface area (Å²) in [6, 6.07) is 7.01. The second-order valence-electron chi connectivity index (χ2n) is 4.83. The zero-order valence-corrected chi connectivity index (χ0v) is 13.0. The van der Waals surface area contributed by atoms with Crippen LogP contribution in [0.5, 0.6) is 5.75 Å². The average Bonchev–Trinajstić information content (AvgIpc) is 2.53. The molecule has 4 N–H and O–H groups in total. The first-order valence-corrected chi connectivity index (χ1v) is 7.86. The standard InChI is InChI=1S/C15H9NO8S/c16-6-9-3-7(1-2-12(9)17)8-4-10(14(18)19)13(25(22,23)24)11(5-8)15(20)21/h1-5,17H,(H,18,19)(H,20,21)(H,22,23,24). The predicted molar refractivity (Wildman–Crippen MR) is 82.0 cm³/mol. The first-order valence-electron chi connectivity index (χ1n) is 6.42. The van der Waals surface area contributed by atoms with Gasteiger partial charge in [-0.15, -0.1) is 0 Å². The smallest absolute Gasteiger partial charge is 0.337 e. The van der Waals surface area contributed by atoms with E-state index in [4.69, 9.17) is 5.26 Å². The third-order valence-electron chi connectivity index (χ3n) is 3.26. The van der Waals surface area contributed by atoms with E-state index in [1.807, 2.05) is 0 Å². The minimum absolute atomic E-state index is 0.0290. The summed E-state index contributed by atoms with van der Waals surface area (Å²) in [5.74, 6) is -3.87. The van der Waals surface area contributed by atoms with Gasteiger partial charge in [0, 0.05) is 0 Å². The van der Waals surface area contributed by atoms with Crippen LogP contribution in [0, 0.1) is 11.3 Å². The number of nitriles is 1. The van der Waals surface area contributed by atoms with Crippen LogP contribution < -0.4 is 0 Å². The zero-order chi connectivity index (χ0) is 18.9. The Morgan fingerprint density at radius 3 is 1.88 bits per heavy atom. The minimum Gasteiger partial charge on any atom is -0.507 e. The Morgan fingerprint density at radius 1 is 0.960 bits per heavy atom. The van der Waals surface area contributed by atoms with E-state index in [0.29, 0.717) is 0 Å². The van der Waals surface area contributed by atoms with Crippen LogP contribution in [0.2, 0.25) is 0 Å². The minimum atomic E-state index is -5.13. The molecule has 0 atom stereocenters. The van der Waals surface area contributed by atoms with Gasteiger partial charge in [0.05, 0.1) is 16.7 Å². The van der Waals surface area contributed by atoms with E-state index < -0.39 is 38.1 Å². The number of benzene rings is 2. The molecular formula is C15H9NO8S. The molecule has 2 aromatic rings. The molecule has 128 valence electrons. The maximum absolute atomic E-state index is 11.4. The molecule has 0 heterocycles. The molecule has 0 aromatic heterocycles. The molecule has 0 saturated heterocycles. The molecular weight excluding hydrogens is 354 g/mol. The van der Waals surface area contributed by atoms with E-state index >= 15 is 0 Å². The molecule has 0 aliphatic carbocycles. The first kappa shape index (κ1) is 17.9. The molecule has 0 unspecified atom stereocenters. The molecule has 0 fully saturated rings. The lowest BCUT2D eigenvalue weighted by Crippen LogP contribution is -2.15. The van der Waals surface area contributed by atoms with E-state index in [1.165, 1.54) is 12.1 Å². The molecule has 25 heavy (non-hydrogen) atoms. The average molecular weight is 363 g/mol. The van der Waals surface area contributed by atoms with Gasteiger partial charge >= 0.3 is 11.9 Å². The van der Waals surface area contributed by atoms with Crippen molar-refractivity contribution >= 4 is 22.1 Å². The lowest BCUT2D eigenvalue weighted by molar-refractivity contribution is 0.0688. The van der Waals surface area contributed by atoms with Gasteiger partial charge < -0.3 is 15.3 Å². The monoisotopic (exact) mass is 363 g/mol. The number of carbonyl (C=O) groups is 2. The third-order valence-corrected chi connectivity index (χ3v) is 4.21. The molecule has 0 amide bonds. The lowest BCUT2D eigenvalue weighted by atomic mass is 9.98. The number of hydrogen-bond donors (Lipinski definition) is 4. The number of rotatable bonds is 4. The maximum Gasteiger partial charge on any atom is 0.337 e. The van der Waals surface area contributed by atoms with Gasteiger partial charge in [-0.2, -0.15) is 13.7 Å². The van der Waals surface area contributed by atoms with Crippen molar-refractivity contribution in [1.82, 2.24) is 0 Å². The Hall–Kier alpha value is -3.42. The van der Waals surface area contributed by atoms with Crippen LogP contribution in [0.25, 0.3) is 11.1 Å². The van der Waals surface area contributed by atoms with E-state index in [1.54, 1.807) is 6.07 Å². The van der Waals surface area contributed by atoms with Gasteiger partial charge in [0.1, 0.15) is 16.7 Å². The number of phenolic OH excluding ortho intramolecular Hbond substituents is 1. The molecule has 0 aliphatic rings. The summed E-state index contributed by atoms with van der Waals surface area (Å²) < 4.78 is 32.1. The number of nitrogens with zero attached hydrogens (tertiary/aromatic N) is 1. The molecule has 0 radical (unpaired) electrons. The molecule has 9 nitrogen and oxygen atoms in total. The second kappa shape index (κ2) is 6.23. The molecule has 0 spiro atoms. The van der Waals surface area contributed by atoms with Crippen molar-refractivity contribution in [2.75, 3.05) is 0 Å². The van der Waals surface area contributed by atoms with Crippen molar-refractivity contribution in [3.8, 4) is 22.9 Å². The number of carboxylic acid groups (broad SMARTS) is 2. The van der Waals surface area contributed by atoms with Gasteiger partial charge in [0.2, 0.25) is 0 Å². The summed E-state index contributed by atoms with van der Waals surface area (Å²) >= 11 is 0. The Morgan fingerprint density at radius 2 is 1.48 bits per heavy atom. The quantitative estimate of drug-likeness (QED) is 0.588. The third kappa shape index (κ3) is 3.42. The van der Waals surface area contributed by atoms with Crippen LogP contribution >= 0.6 is 0 Å². The molecule has 0 saturated carbocycles. The fourth-order valence-electron chi connectivity index (χ4n) is 2.20. The van der Waals surface area contributed by atoms with Crippen LogP contribution in [0.1, 0.15) is 26.3 Å².